The molecule has 3 heterocycles. The van der Waals surface area contributed by atoms with Crippen LogP contribution in [-0.4, -0.2) is 34.7 Å². The number of primary amides is 1. The number of nitrogens with two attached hydrogens (primary N) is 1. The number of carbonyl (C=O) groups excluding carboxylic acids is 1. The summed E-state index contributed by atoms with van der Waals surface area (Å²) in [5.41, 5.74) is 5.52. The van der Waals surface area contributed by atoms with E-state index in [0.29, 0.717) is 21.9 Å². The number of methoxy groups -OCH3 is 2. The van der Waals surface area contributed by atoms with E-state index < -0.39 is 24.3 Å². The monoisotopic (exact) mass is 478 g/mol. The van der Waals surface area contributed by atoms with Gasteiger partial charge in [-0.15, -0.1) is 11.3 Å². The third-order valence-electron chi connectivity index (χ3n) is 4.74. The van der Waals surface area contributed by atoms with Crippen LogP contribution in [0.1, 0.15) is 20.8 Å². The van der Waals surface area contributed by atoms with Crippen molar-refractivity contribution in [3.05, 3.63) is 58.7 Å². The SMILES string of the molecule is COc1cc2c(ncn2-c2cc(OCc3ccccc3C(F)(F)F)c(C(N)=O)s2)nc1OC. The number of carbonyl (C=O) groups is 1. The van der Waals surface area contributed by atoms with Crippen molar-refractivity contribution >= 4 is 28.4 Å². The highest BCUT2D eigenvalue weighted by Gasteiger charge is 2.33. The van der Waals surface area contributed by atoms with Crippen LogP contribution < -0.4 is 19.9 Å². The maximum atomic E-state index is 13.3. The molecule has 4 aromatic rings. The van der Waals surface area contributed by atoms with Crippen molar-refractivity contribution in [2.24, 2.45) is 5.73 Å². The molecule has 0 radical (unpaired) electrons. The number of hydrogen-bond acceptors (Lipinski definition) is 7. The summed E-state index contributed by atoms with van der Waals surface area (Å²) in [6.45, 7) is -0.399. The van der Waals surface area contributed by atoms with E-state index in [4.69, 9.17) is 19.9 Å². The Morgan fingerprint density at radius 3 is 2.58 bits per heavy atom. The molecule has 0 aliphatic heterocycles. The molecule has 1 aromatic carbocycles. The average molecular weight is 478 g/mol. The first kappa shape index (κ1) is 22.4. The Morgan fingerprint density at radius 1 is 1.15 bits per heavy atom. The van der Waals surface area contributed by atoms with Gasteiger partial charge in [-0.2, -0.15) is 18.2 Å². The molecule has 1 amide bonds. The fourth-order valence-corrected chi connectivity index (χ4v) is 4.15. The first-order chi connectivity index (χ1) is 15.7. The Balaban J connectivity index is 1.71. The lowest BCUT2D eigenvalue weighted by Crippen LogP contribution is -2.13. The van der Waals surface area contributed by atoms with Crippen molar-refractivity contribution in [1.82, 2.24) is 14.5 Å². The van der Waals surface area contributed by atoms with Gasteiger partial charge in [0.25, 0.3) is 11.8 Å². The average Bonchev–Trinajstić information content (AvgIpc) is 3.39. The number of thiophene rings is 1. The van der Waals surface area contributed by atoms with Crippen LogP contribution >= 0.6 is 11.3 Å². The summed E-state index contributed by atoms with van der Waals surface area (Å²) in [5.74, 6) is -0.0767. The minimum atomic E-state index is -4.53. The van der Waals surface area contributed by atoms with Gasteiger partial charge in [-0.05, 0) is 6.07 Å². The van der Waals surface area contributed by atoms with Gasteiger partial charge in [-0.3, -0.25) is 9.36 Å². The van der Waals surface area contributed by atoms with E-state index in [1.54, 1.807) is 10.6 Å². The first-order valence-electron chi connectivity index (χ1n) is 9.41. The molecule has 0 unspecified atom stereocenters. The van der Waals surface area contributed by atoms with E-state index in [2.05, 4.69) is 9.97 Å². The van der Waals surface area contributed by atoms with Crippen molar-refractivity contribution in [3.8, 4) is 22.4 Å². The molecule has 172 valence electrons. The van der Waals surface area contributed by atoms with Gasteiger partial charge in [-0.25, -0.2) is 4.98 Å². The normalized spacial score (nSPS) is 11.5. The predicted octanol–water partition coefficient (Wildman–Crippen LogP) is 4.20. The number of aromatic nitrogens is 3. The fourth-order valence-electron chi connectivity index (χ4n) is 3.21. The van der Waals surface area contributed by atoms with Gasteiger partial charge >= 0.3 is 6.18 Å². The zero-order valence-electron chi connectivity index (χ0n) is 17.3. The number of fused-ring (bicyclic) bond motifs is 1. The van der Waals surface area contributed by atoms with E-state index in [9.17, 15) is 18.0 Å². The van der Waals surface area contributed by atoms with Gasteiger partial charge in [0, 0.05) is 17.7 Å². The van der Waals surface area contributed by atoms with E-state index in [-0.39, 0.29) is 22.1 Å². The number of hydrogen-bond donors (Lipinski definition) is 1. The van der Waals surface area contributed by atoms with Crippen LogP contribution in [-0.2, 0) is 12.8 Å². The van der Waals surface area contributed by atoms with E-state index in [0.717, 1.165) is 17.4 Å². The number of rotatable bonds is 7. The molecule has 0 saturated carbocycles. The summed E-state index contributed by atoms with van der Waals surface area (Å²) in [6, 6.07) is 8.24. The van der Waals surface area contributed by atoms with Crippen molar-refractivity contribution in [2.75, 3.05) is 14.2 Å². The zero-order valence-corrected chi connectivity index (χ0v) is 18.2. The van der Waals surface area contributed by atoms with Crippen LogP contribution in [0.25, 0.3) is 16.2 Å². The molecule has 0 atom stereocenters. The lowest BCUT2D eigenvalue weighted by Gasteiger charge is -2.13. The van der Waals surface area contributed by atoms with Gasteiger partial charge in [0.05, 0.1) is 25.3 Å². The molecule has 0 aliphatic rings. The topological polar surface area (TPSA) is 101 Å². The molecule has 0 bridgehead atoms. The third-order valence-corrected chi connectivity index (χ3v) is 5.87. The van der Waals surface area contributed by atoms with Gasteiger partial charge in [0.15, 0.2) is 11.4 Å². The minimum Gasteiger partial charge on any atom is -0.491 e. The number of alkyl halides is 3. The number of benzene rings is 1. The Kier molecular flexibility index (Phi) is 5.85. The van der Waals surface area contributed by atoms with E-state index in [1.165, 1.54) is 44.8 Å². The highest BCUT2D eigenvalue weighted by molar-refractivity contribution is 7.16. The van der Waals surface area contributed by atoms with Crippen LogP contribution in [0, 0.1) is 0 Å². The van der Waals surface area contributed by atoms with Gasteiger partial charge in [0.1, 0.15) is 28.6 Å². The smallest absolute Gasteiger partial charge is 0.416 e. The molecule has 0 saturated heterocycles. The second-order valence-electron chi connectivity index (χ2n) is 6.74. The largest absolute Gasteiger partial charge is 0.491 e. The minimum absolute atomic E-state index is 0.0600. The number of halogens is 3. The summed E-state index contributed by atoms with van der Waals surface area (Å²) < 4.78 is 57.5. The summed E-state index contributed by atoms with van der Waals surface area (Å²) >= 11 is 1.01. The molecule has 12 heteroatoms. The lowest BCUT2D eigenvalue weighted by atomic mass is 10.1. The molecular weight excluding hydrogens is 461 g/mol. The van der Waals surface area contributed by atoms with E-state index in [1.807, 2.05) is 0 Å². The maximum absolute atomic E-state index is 13.3. The fraction of sp³-hybridized carbons (Fsp3) is 0.190. The second kappa shape index (κ2) is 8.62. The molecule has 0 spiro atoms. The van der Waals surface area contributed by atoms with Gasteiger partial charge in [0.2, 0.25) is 0 Å². The second-order valence-corrected chi connectivity index (χ2v) is 7.77. The summed E-state index contributed by atoms with van der Waals surface area (Å²) in [5, 5.41) is 0.499. The quantitative estimate of drug-likeness (QED) is 0.427. The number of imidazole rings is 1. The molecule has 0 fully saturated rings. The molecule has 3 aromatic heterocycles. The molecule has 2 N–H and O–H groups in total. The van der Waals surface area contributed by atoms with Crippen molar-refractivity contribution in [2.45, 2.75) is 12.8 Å². The Morgan fingerprint density at radius 2 is 1.91 bits per heavy atom. The first-order valence-corrected chi connectivity index (χ1v) is 10.2. The standard InChI is InChI=1S/C21H17F3N4O4S/c1-30-15-7-13-19(27-20(15)31-2)26-10-28(13)16-8-14(17(33-16)18(25)29)32-9-11-5-3-4-6-12(11)21(22,23)24/h3-8,10H,9H2,1-2H3,(H2,25,29). The zero-order chi connectivity index (χ0) is 23.8. The number of ether oxygens (including phenoxy) is 3. The van der Waals surface area contributed by atoms with Crippen molar-refractivity contribution < 1.29 is 32.2 Å². The van der Waals surface area contributed by atoms with Crippen LogP contribution in [0.3, 0.4) is 0 Å². The Hall–Kier alpha value is -3.80. The Labute approximate surface area is 189 Å². The van der Waals surface area contributed by atoms with Crippen molar-refractivity contribution in [1.29, 1.82) is 0 Å². The van der Waals surface area contributed by atoms with Crippen LogP contribution in [0.4, 0.5) is 13.2 Å². The summed E-state index contributed by atoms with van der Waals surface area (Å²) in [7, 11) is 2.92. The number of pyridine rings is 1. The highest BCUT2D eigenvalue weighted by atomic mass is 32.1. The predicted molar refractivity (Wildman–Crippen MR) is 114 cm³/mol. The van der Waals surface area contributed by atoms with Gasteiger partial charge < -0.3 is 19.9 Å². The van der Waals surface area contributed by atoms with E-state index >= 15 is 0 Å². The number of amides is 1. The molecule has 4 rings (SSSR count). The Bertz CT molecular complexity index is 1330. The number of nitrogens with zero attached hydrogens (tertiary/aromatic N) is 3. The summed E-state index contributed by atoms with van der Waals surface area (Å²) in [6.07, 6.45) is -3.05. The third kappa shape index (κ3) is 4.29. The van der Waals surface area contributed by atoms with Crippen LogP contribution in [0.2, 0.25) is 0 Å². The molecule has 8 nitrogen and oxygen atoms in total. The maximum Gasteiger partial charge on any atom is 0.416 e. The highest BCUT2D eigenvalue weighted by Crippen LogP contribution is 2.37. The lowest BCUT2D eigenvalue weighted by molar-refractivity contribution is -0.138. The molecular formula is C21H17F3N4O4S. The van der Waals surface area contributed by atoms with Crippen LogP contribution in [0.5, 0.6) is 17.4 Å². The molecule has 33 heavy (non-hydrogen) atoms. The van der Waals surface area contributed by atoms with Crippen molar-refractivity contribution in [3.63, 3.8) is 0 Å². The van der Waals surface area contributed by atoms with Gasteiger partial charge in [-0.1, -0.05) is 18.2 Å². The molecule has 0 aliphatic carbocycles. The van der Waals surface area contributed by atoms with Crippen LogP contribution in [0.15, 0.2) is 42.7 Å². The summed E-state index contributed by atoms with van der Waals surface area (Å²) in [4.78, 5) is 20.6.